The Bertz CT molecular complexity index is 1270. The van der Waals surface area contributed by atoms with Crippen LogP contribution < -0.4 is 15.0 Å². The first-order chi connectivity index (χ1) is 17.1. The van der Waals surface area contributed by atoms with E-state index in [0.29, 0.717) is 41.8 Å². The minimum absolute atomic E-state index is 0.358. The number of hydrogen-bond donors (Lipinski definition) is 1. The summed E-state index contributed by atoms with van der Waals surface area (Å²) in [6.07, 6.45) is 0. The minimum atomic E-state index is -1.17. The molecule has 35 heavy (non-hydrogen) atoms. The number of benzene rings is 3. The molecular formula is C28H29ClN2O4. The molecule has 1 spiro atoms. The number of para-hydroxylation sites is 1. The highest BCUT2D eigenvalue weighted by molar-refractivity contribution is 6.34. The first-order valence-electron chi connectivity index (χ1n) is 12.1. The van der Waals surface area contributed by atoms with E-state index in [1.807, 2.05) is 61.5 Å². The second-order valence-electron chi connectivity index (χ2n) is 8.47. The van der Waals surface area contributed by atoms with Gasteiger partial charge in [-0.15, -0.1) is 0 Å². The number of carbonyl (C=O) groups is 1. The van der Waals surface area contributed by atoms with Crippen LogP contribution in [0.5, 0.6) is 11.5 Å². The molecule has 0 aliphatic carbocycles. The third-order valence-electron chi connectivity index (χ3n) is 6.66. The number of rotatable bonds is 8. The summed E-state index contributed by atoms with van der Waals surface area (Å²) in [5.74, 6) is 0.840. The van der Waals surface area contributed by atoms with Crippen molar-refractivity contribution in [3.63, 3.8) is 0 Å². The average Bonchev–Trinajstić information content (AvgIpc) is 3.16. The molecule has 0 bridgehead atoms. The first-order valence-corrected chi connectivity index (χ1v) is 12.5. The average molecular weight is 493 g/mol. The number of fused-ring (bicyclic) bond motifs is 6. The van der Waals surface area contributed by atoms with Gasteiger partial charge in [0.05, 0.1) is 34.1 Å². The summed E-state index contributed by atoms with van der Waals surface area (Å²) in [5, 5.41) is 4.14. The van der Waals surface area contributed by atoms with Crippen molar-refractivity contribution >= 4 is 28.9 Å². The van der Waals surface area contributed by atoms with Crippen LogP contribution in [0.3, 0.4) is 0 Å². The van der Waals surface area contributed by atoms with Gasteiger partial charge in [0.15, 0.2) is 5.60 Å². The molecule has 2 aliphatic rings. The summed E-state index contributed by atoms with van der Waals surface area (Å²) in [6, 6.07) is 17.1. The molecule has 0 amide bonds. The van der Waals surface area contributed by atoms with Crippen molar-refractivity contribution in [2.45, 2.75) is 26.4 Å². The molecule has 7 heteroatoms. The lowest BCUT2D eigenvalue weighted by Gasteiger charge is -2.40. The predicted molar refractivity (Wildman–Crippen MR) is 138 cm³/mol. The molecule has 1 atom stereocenters. The van der Waals surface area contributed by atoms with Crippen LogP contribution in [0.1, 0.15) is 47.8 Å². The van der Waals surface area contributed by atoms with Gasteiger partial charge in [-0.3, -0.25) is 0 Å². The van der Waals surface area contributed by atoms with Crippen molar-refractivity contribution < 1.29 is 19.0 Å². The van der Waals surface area contributed by atoms with E-state index in [1.165, 1.54) is 0 Å². The molecule has 0 aromatic heterocycles. The van der Waals surface area contributed by atoms with Crippen LogP contribution in [0.2, 0.25) is 5.02 Å². The van der Waals surface area contributed by atoms with Gasteiger partial charge in [-0.1, -0.05) is 48.0 Å². The van der Waals surface area contributed by atoms with E-state index in [-0.39, 0.29) is 5.97 Å². The lowest BCUT2D eigenvalue weighted by Crippen LogP contribution is -2.35. The Morgan fingerprint density at radius 2 is 1.71 bits per heavy atom. The van der Waals surface area contributed by atoms with Crippen LogP contribution in [-0.2, 0) is 15.1 Å². The van der Waals surface area contributed by atoms with Crippen LogP contribution in [0.15, 0.2) is 54.6 Å². The summed E-state index contributed by atoms with van der Waals surface area (Å²) in [5.41, 5.74) is 3.35. The van der Waals surface area contributed by atoms with Crippen LogP contribution in [-0.4, -0.2) is 38.8 Å². The molecule has 0 fully saturated rings. The number of carbonyl (C=O) groups excluding carboxylic acids is 1. The van der Waals surface area contributed by atoms with Gasteiger partial charge in [-0.05, 0) is 32.9 Å². The van der Waals surface area contributed by atoms with E-state index >= 15 is 0 Å². The van der Waals surface area contributed by atoms with Gasteiger partial charge < -0.3 is 24.4 Å². The lowest BCUT2D eigenvalue weighted by atomic mass is 9.76. The Hall–Kier alpha value is -3.22. The topological polar surface area (TPSA) is 60.0 Å². The van der Waals surface area contributed by atoms with Crippen molar-refractivity contribution in [1.29, 1.82) is 0 Å². The van der Waals surface area contributed by atoms with Gasteiger partial charge in [-0.2, -0.15) is 0 Å². The second kappa shape index (κ2) is 9.44. The monoisotopic (exact) mass is 492 g/mol. The maximum absolute atomic E-state index is 13.2. The van der Waals surface area contributed by atoms with Gasteiger partial charge in [-0.25, -0.2) is 4.79 Å². The summed E-state index contributed by atoms with van der Waals surface area (Å²) in [4.78, 5) is 15.4. The van der Waals surface area contributed by atoms with Crippen molar-refractivity contribution in [2.24, 2.45) is 0 Å². The first kappa shape index (κ1) is 23.5. The molecule has 0 saturated heterocycles. The van der Waals surface area contributed by atoms with E-state index in [2.05, 4.69) is 24.1 Å². The van der Waals surface area contributed by atoms with Gasteiger partial charge in [0.25, 0.3) is 0 Å². The standard InChI is InChI=1S/C28H29ClN2O4/c1-4-31(5-2)26-21(29)17-23-24(25(26)30-15-16-33-6-3)28(20-13-9-10-14-22(20)34-23)19-12-8-7-11-18(19)27(32)35-28/h7-14,17,30H,4-6,15-16H2,1-3H3. The van der Waals surface area contributed by atoms with E-state index < -0.39 is 5.60 Å². The molecular weight excluding hydrogens is 464 g/mol. The number of esters is 1. The van der Waals surface area contributed by atoms with Crippen molar-refractivity contribution in [3.05, 3.63) is 81.9 Å². The fraction of sp³-hybridized carbons (Fsp3) is 0.321. The highest BCUT2D eigenvalue weighted by Gasteiger charge is 2.55. The Morgan fingerprint density at radius 1 is 1.00 bits per heavy atom. The Balaban J connectivity index is 1.84. The molecule has 2 heterocycles. The number of nitrogens with one attached hydrogen (secondary N) is 1. The summed E-state index contributed by atoms with van der Waals surface area (Å²) >= 11 is 6.91. The molecule has 1 unspecified atom stereocenters. The van der Waals surface area contributed by atoms with Gasteiger partial charge in [0.2, 0.25) is 0 Å². The third-order valence-corrected chi connectivity index (χ3v) is 6.95. The van der Waals surface area contributed by atoms with Crippen LogP contribution >= 0.6 is 11.6 Å². The molecule has 2 aliphatic heterocycles. The normalized spacial score (nSPS) is 17.3. The van der Waals surface area contributed by atoms with E-state index in [1.54, 1.807) is 0 Å². The molecule has 0 radical (unpaired) electrons. The largest absolute Gasteiger partial charge is 0.456 e. The number of nitrogens with zero attached hydrogens (tertiary/aromatic N) is 1. The minimum Gasteiger partial charge on any atom is -0.456 e. The van der Waals surface area contributed by atoms with Crippen molar-refractivity contribution in [2.75, 3.05) is 43.1 Å². The fourth-order valence-electron chi connectivity index (χ4n) is 5.16. The molecule has 182 valence electrons. The third kappa shape index (κ3) is 3.63. The van der Waals surface area contributed by atoms with Crippen molar-refractivity contribution in [1.82, 2.24) is 0 Å². The van der Waals surface area contributed by atoms with Crippen molar-refractivity contribution in [3.8, 4) is 11.5 Å². The van der Waals surface area contributed by atoms with Gasteiger partial charge >= 0.3 is 5.97 Å². The maximum Gasteiger partial charge on any atom is 0.340 e. The summed E-state index contributed by atoms with van der Waals surface area (Å²) in [6.45, 7) is 9.39. The highest BCUT2D eigenvalue weighted by Crippen LogP contribution is 2.60. The molecule has 3 aromatic carbocycles. The number of halogens is 1. The number of ether oxygens (including phenoxy) is 3. The van der Waals surface area contributed by atoms with Crippen LogP contribution in [0.25, 0.3) is 0 Å². The van der Waals surface area contributed by atoms with E-state index in [4.69, 9.17) is 25.8 Å². The number of anilines is 2. The smallest absolute Gasteiger partial charge is 0.340 e. The van der Waals surface area contributed by atoms with Gasteiger partial charge in [0.1, 0.15) is 11.5 Å². The second-order valence-corrected chi connectivity index (χ2v) is 8.87. The molecule has 0 saturated carbocycles. The van der Waals surface area contributed by atoms with Gasteiger partial charge in [0, 0.05) is 43.4 Å². The molecule has 3 aromatic rings. The highest BCUT2D eigenvalue weighted by atomic mass is 35.5. The zero-order valence-electron chi connectivity index (χ0n) is 20.2. The lowest BCUT2D eigenvalue weighted by molar-refractivity contribution is 0.0226. The summed E-state index contributed by atoms with van der Waals surface area (Å²) < 4.78 is 18.4. The Kier molecular flexibility index (Phi) is 6.34. The quantitative estimate of drug-likeness (QED) is 0.298. The predicted octanol–water partition coefficient (Wildman–Crippen LogP) is 6.20. The zero-order chi connectivity index (χ0) is 24.6. The SMILES string of the molecule is CCOCCNc1c(N(CC)CC)c(Cl)cc2c1C1(OC(=O)c3ccccc31)c1ccccc1O2. The van der Waals surface area contributed by atoms with Crippen LogP contribution in [0.4, 0.5) is 11.4 Å². The van der Waals surface area contributed by atoms with E-state index in [0.717, 1.165) is 41.2 Å². The fourth-order valence-corrected chi connectivity index (χ4v) is 5.48. The van der Waals surface area contributed by atoms with Crippen LogP contribution in [0, 0.1) is 0 Å². The number of hydrogen-bond acceptors (Lipinski definition) is 6. The Labute approximate surface area is 210 Å². The molecule has 1 N–H and O–H groups in total. The zero-order valence-corrected chi connectivity index (χ0v) is 20.9. The summed E-state index contributed by atoms with van der Waals surface area (Å²) in [7, 11) is 0. The van der Waals surface area contributed by atoms with E-state index in [9.17, 15) is 4.79 Å². The molecule has 6 nitrogen and oxygen atoms in total. The maximum atomic E-state index is 13.2. The molecule has 5 rings (SSSR count). The Morgan fingerprint density at radius 3 is 2.46 bits per heavy atom.